The molecule has 2 rings (SSSR count). The number of aliphatic hydroxyl groups excluding tert-OH is 1. The van der Waals surface area contributed by atoms with E-state index in [1.807, 2.05) is 19.1 Å². The van der Waals surface area contributed by atoms with E-state index in [-0.39, 0.29) is 12.4 Å². The van der Waals surface area contributed by atoms with Gasteiger partial charge >= 0.3 is 0 Å². The van der Waals surface area contributed by atoms with Crippen molar-refractivity contribution < 1.29 is 9.90 Å². The molecule has 1 aliphatic heterocycles. The second kappa shape index (κ2) is 7.14. The second-order valence-corrected chi connectivity index (χ2v) is 6.32. The van der Waals surface area contributed by atoms with Crippen LogP contribution in [-0.4, -0.2) is 66.6 Å². The summed E-state index contributed by atoms with van der Waals surface area (Å²) >= 11 is 1.58. The number of thiophene rings is 1. The van der Waals surface area contributed by atoms with E-state index in [9.17, 15) is 4.79 Å². The first-order valence-corrected chi connectivity index (χ1v) is 7.66. The minimum absolute atomic E-state index is 0.216. The number of nitrogens with zero attached hydrogens (tertiary/aromatic N) is 2. The summed E-state index contributed by atoms with van der Waals surface area (Å²) in [6.45, 7) is 7.35. The number of aliphatic hydroxyl groups is 1. The normalized spacial score (nSPS) is 18.4. The van der Waals surface area contributed by atoms with Crippen molar-refractivity contribution in [3.63, 3.8) is 0 Å². The highest BCUT2D eigenvalue weighted by Crippen LogP contribution is 2.16. The van der Waals surface area contributed by atoms with Crippen molar-refractivity contribution >= 4 is 17.1 Å². The Morgan fingerprint density at radius 1 is 1.26 bits per heavy atom. The van der Waals surface area contributed by atoms with Crippen LogP contribution in [0.1, 0.15) is 21.0 Å². The summed E-state index contributed by atoms with van der Waals surface area (Å²) in [4.78, 5) is 18.7. The van der Waals surface area contributed by atoms with Crippen LogP contribution in [0.3, 0.4) is 0 Å². The lowest BCUT2D eigenvalue weighted by Gasteiger charge is -2.20. The van der Waals surface area contributed by atoms with Gasteiger partial charge in [0, 0.05) is 24.5 Å². The van der Waals surface area contributed by atoms with Gasteiger partial charge in [-0.2, -0.15) is 0 Å². The van der Waals surface area contributed by atoms with Crippen molar-refractivity contribution in [1.29, 1.82) is 0 Å². The topological polar surface area (TPSA) is 43.8 Å². The third-order valence-corrected chi connectivity index (χ3v) is 4.52. The lowest BCUT2D eigenvalue weighted by atomic mass is 10.3. The van der Waals surface area contributed by atoms with Crippen LogP contribution in [0.4, 0.5) is 0 Å². The van der Waals surface area contributed by atoms with Gasteiger partial charge in [-0.05, 0) is 38.6 Å². The maximum Gasteiger partial charge on any atom is 0.186 e. The third-order valence-electron chi connectivity index (χ3n) is 3.48. The number of hydrogen-bond donors (Lipinski definition) is 1. The number of Topliss-reactive ketones (excluding diaryl/α,β-unsaturated/α-hetero) is 1. The van der Waals surface area contributed by atoms with Crippen LogP contribution in [0.25, 0.3) is 0 Å². The number of β-amino-alcohol motifs (C(OH)–C–C–N with tert-alkyl or cyclic N) is 1. The van der Waals surface area contributed by atoms with Crippen LogP contribution in [-0.2, 0) is 0 Å². The van der Waals surface area contributed by atoms with Crippen LogP contribution in [0.5, 0.6) is 0 Å². The maximum atomic E-state index is 12.2. The van der Waals surface area contributed by atoms with Crippen LogP contribution < -0.4 is 0 Å². The highest BCUT2D eigenvalue weighted by molar-refractivity contribution is 7.14. The van der Waals surface area contributed by atoms with Gasteiger partial charge in [-0.25, -0.2) is 0 Å². The number of hydrogen-bond acceptors (Lipinski definition) is 5. The van der Waals surface area contributed by atoms with E-state index < -0.39 is 0 Å². The molecule has 0 unspecified atom stereocenters. The molecule has 0 bridgehead atoms. The summed E-state index contributed by atoms with van der Waals surface area (Å²) in [5, 5.41) is 8.96. The molecule has 0 atom stereocenters. The van der Waals surface area contributed by atoms with Gasteiger partial charge in [0.2, 0.25) is 0 Å². The van der Waals surface area contributed by atoms with Crippen molar-refractivity contribution in [1.82, 2.24) is 9.80 Å². The molecule has 0 spiro atoms. The summed E-state index contributed by atoms with van der Waals surface area (Å²) in [5.41, 5.74) is 0. The van der Waals surface area contributed by atoms with Gasteiger partial charge in [-0.1, -0.05) is 0 Å². The maximum absolute atomic E-state index is 12.2. The summed E-state index contributed by atoms with van der Waals surface area (Å²) in [6, 6.07) is 3.93. The molecule has 1 N–H and O–H groups in total. The zero-order valence-electron chi connectivity index (χ0n) is 11.5. The Labute approximate surface area is 118 Å². The molecule has 1 saturated heterocycles. The van der Waals surface area contributed by atoms with Gasteiger partial charge in [0.25, 0.3) is 0 Å². The molecule has 19 heavy (non-hydrogen) atoms. The average molecular weight is 282 g/mol. The molecular formula is C14H22N2O2S. The van der Waals surface area contributed by atoms with E-state index in [1.54, 1.807) is 11.3 Å². The number of aryl methyl sites for hydroxylation is 1. The van der Waals surface area contributed by atoms with Gasteiger partial charge in [0.15, 0.2) is 5.78 Å². The Morgan fingerprint density at radius 3 is 2.68 bits per heavy atom. The van der Waals surface area contributed by atoms with E-state index in [0.29, 0.717) is 6.54 Å². The Hall–Kier alpha value is -0.750. The number of ketones is 1. The molecule has 0 aliphatic carbocycles. The predicted octanol–water partition coefficient (Wildman–Crippen LogP) is 1.24. The molecule has 1 aromatic heterocycles. The predicted molar refractivity (Wildman–Crippen MR) is 78.0 cm³/mol. The molecule has 2 heterocycles. The van der Waals surface area contributed by atoms with Crippen LogP contribution in [0.15, 0.2) is 12.1 Å². The Morgan fingerprint density at radius 2 is 2.00 bits per heavy atom. The van der Waals surface area contributed by atoms with E-state index in [1.165, 1.54) is 4.88 Å². The van der Waals surface area contributed by atoms with Crippen molar-refractivity contribution in [2.45, 2.75) is 13.3 Å². The number of carbonyl (C=O) groups excluding carboxylic acids is 1. The Bertz CT molecular complexity index is 419. The third kappa shape index (κ3) is 4.38. The molecule has 0 radical (unpaired) electrons. The molecule has 106 valence electrons. The monoisotopic (exact) mass is 282 g/mol. The minimum Gasteiger partial charge on any atom is -0.395 e. The zero-order valence-corrected chi connectivity index (χ0v) is 12.3. The van der Waals surface area contributed by atoms with E-state index >= 15 is 0 Å². The van der Waals surface area contributed by atoms with Crippen molar-refractivity contribution in [2.24, 2.45) is 0 Å². The number of rotatable bonds is 5. The smallest absolute Gasteiger partial charge is 0.186 e. The molecule has 1 fully saturated rings. The van der Waals surface area contributed by atoms with Crippen LogP contribution >= 0.6 is 11.3 Å². The second-order valence-electron chi connectivity index (χ2n) is 5.03. The first kappa shape index (κ1) is 14.7. The van der Waals surface area contributed by atoms with Gasteiger partial charge < -0.3 is 5.11 Å². The standard InChI is InChI=1S/C14H22N2O2S/c1-12-3-4-14(19-12)13(18)11-16-6-2-5-15(7-8-16)9-10-17/h3-4,17H,2,5-11H2,1H3. The fourth-order valence-electron chi connectivity index (χ4n) is 2.41. The molecule has 0 saturated carbocycles. The number of carbonyl (C=O) groups is 1. The van der Waals surface area contributed by atoms with E-state index in [4.69, 9.17) is 5.11 Å². The largest absolute Gasteiger partial charge is 0.395 e. The van der Waals surface area contributed by atoms with Crippen molar-refractivity contribution in [2.75, 3.05) is 45.9 Å². The highest BCUT2D eigenvalue weighted by atomic mass is 32.1. The summed E-state index contributed by atoms with van der Waals surface area (Å²) in [5.74, 6) is 0.230. The van der Waals surface area contributed by atoms with E-state index in [2.05, 4.69) is 9.80 Å². The zero-order chi connectivity index (χ0) is 13.7. The molecule has 4 nitrogen and oxygen atoms in total. The molecule has 5 heteroatoms. The van der Waals surface area contributed by atoms with Crippen LogP contribution in [0, 0.1) is 6.92 Å². The SMILES string of the molecule is Cc1ccc(C(=O)CN2CCCN(CCO)CC2)s1. The first-order chi connectivity index (χ1) is 9.19. The Kier molecular flexibility index (Phi) is 5.51. The summed E-state index contributed by atoms with van der Waals surface area (Å²) in [6.07, 6.45) is 1.07. The molecule has 1 aliphatic rings. The molecule has 0 amide bonds. The minimum atomic E-state index is 0.216. The summed E-state index contributed by atoms with van der Waals surface area (Å²) < 4.78 is 0. The molecule has 0 aromatic carbocycles. The fourth-order valence-corrected chi connectivity index (χ4v) is 3.21. The lowest BCUT2D eigenvalue weighted by molar-refractivity contribution is 0.0936. The van der Waals surface area contributed by atoms with Gasteiger partial charge in [-0.3, -0.25) is 14.6 Å². The highest BCUT2D eigenvalue weighted by Gasteiger charge is 2.18. The van der Waals surface area contributed by atoms with Gasteiger partial charge in [0.05, 0.1) is 18.0 Å². The average Bonchev–Trinajstić information content (AvgIpc) is 2.70. The quantitative estimate of drug-likeness (QED) is 0.825. The van der Waals surface area contributed by atoms with Gasteiger partial charge in [0.1, 0.15) is 0 Å². The fraction of sp³-hybridized carbons (Fsp3) is 0.643. The van der Waals surface area contributed by atoms with Gasteiger partial charge in [-0.15, -0.1) is 11.3 Å². The van der Waals surface area contributed by atoms with Crippen LogP contribution in [0.2, 0.25) is 0 Å². The van der Waals surface area contributed by atoms with Crippen molar-refractivity contribution in [3.8, 4) is 0 Å². The van der Waals surface area contributed by atoms with Crippen molar-refractivity contribution in [3.05, 3.63) is 21.9 Å². The lowest BCUT2D eigenvalue weighted by Crippen LogP contribution is -2.34. The van der Waals surface area contributed by atoms with E-state index in [0.717, 1.165) is 44.0 Å². The molecular weight excluding hydrogens is 260 g/mol. The Balaban J connectivity index is 1.84. The first-order valence-electron chi connectivity index (χ1n) is 6.84. The summed E-state index contributed by atoms with van der Waals surface area (Å²) in [7, 11) is 0. The molecule has 1 aromatic rings.